The Balaban J connectivity index is 1.72. The lowest BCUT2D eigenvalue weighted by Crippen LogP contribution is -2.41. The minimum Gasteiger partial charge on any atom is -0.480 e. The van der Waals surface area contributed by atoms with Crippen LogP contribution in [0.4, 0.5) is 0 Å². The van der Waals surface area contributed by atoms with Gasteiger partial charge in [-0.3, -0.25) is 4.79 Å². The maximum atomic E-state index is 12.4. The number of thiazole rings is 1. The van der Waals surface area contributed by atoms with Crippen molar-refractivity contribution in [3.05, 3.63) is 40.9 Å². The number of hydrogen-bond acceptors (Lipinski definition) is 4. The van der Waals surface area contributed by atoms with Gasteiger partial charge in [-0.1, -0.05) is 23.8 Å². The van der Waals surface area contributed by atoms with E-state index in [4.69, 9.17) is 5.11 Å². The summed E-state index contributed by atoms with van der Waals surface area (Å²) in [6, 6.07) is 7.39. The number of likely N-dealkylation sites (tertiary alicyclic amines) is 1. The Morgan fingerprint density at radius 1 is 1.43 bits per heavy atom. The van der Waals surface area contributed by atoms with Crippen LogP contribution in [0.1, 0.15) is 24.1 Å². The second kappa shape index (κ2) is 6.50. The van der Waals surface area contributed by atoms with E-state index in [0.29, 0.717) is 18.7 Å². The number of amides is 1. The largest absolute Gasteiger partial charge is 0.480 e. The first-order valence-corrected chi connectivity index (χ1v) is 8.46. The van der Waals surface area contributed by atoms with Gasteiger partial charge in [-0.25, -0.2) is 9.78 Å². The third-order valence-corrected chi connectivity index (χ3v) is 4.95. The summed E-state index contributed by atoms with van der Waals surface area (Å²) in [5, 5.41) is 11.9. The molecule has 1 aromatic heterocycles. The Hall–Kier alpha value is -2.21. The van der Waals surface area contributed by atoms with Gasteiger partial charge in [-0.2, -0.15) is 0 Å². The van der Waals surface area contributed by atoms with Crippen molar-refractivity contribution in [2.45, 2.75) is 32.2 Å². The number of aromatic nitrogens is 1. The molecular formula is C17H18N2O3S. The molecule has 1 aromatic carbocycles. The summed E-state index contributed by atoms with van der Waals surface area (Å²) in [7, 11) is 0. The van der Waals surface area contributed by atoms with Crippen LogP contribution < -0.4 is 0 Å². The Kier molecular flexibility index (Phi) is 4.43. The first-order valence-electron chi connectivity index (χ1n) is 7.58. The van der Waals surface area contributed by atoms with Crippen molar-refractivity contribution in [3.63, 3.8) is 0 Å². The van der Waals surface area contributed by atoms with Crippen LogP contribution in [0.3, 0.4) is 0 Å². The Morgan fingerprint density at radius 3 is 3.00 bits per heavy atom. The minimum atomic E-state index is -0.922. The van der Waals surface area contributed by atoms with Crippen LogP contribution in [0.15, 0.2) is 29.6 Å². The van der Waals surface area contributed by atoms with E-state index in [1.807, 2.05) is 30.5 Å². The van der Waals surface area contributed by atoms with Crippen molar-refractivity contribution in [1.29, 1.82) is 0 Å². The van der Waals surface area contributed by atoms with Crippen LogP contribution in [-0.2, 0) is 16.0 Å². The second-order valence-corrected chi connectivity index (χ2v) is 6.63. The average molecular weight is 330 g/mol. The zero-order valence-corrected chi connectivity index (χ0v) is 13.7. The molecule has 3 rings (SSSR count). The highest BCUT2D eigenvalue weighted by atomic mass is 32.1. The van der Waals surface area contributed by atoms with Crippen LogP contribution in [-0.4, -0.2) is 39.5 Å². The summed E-state index contributed by atoms with van der Waals surface area (Å²) in [5.41, 5.74) is 2.91. The van der Waals surface area contributed by atoms with Crippen molar-refractivity contribution in [1.82, 2.24) is 9.88 Å². The average Bonchev–Trinajstić information content (AvgIpc) is 3.16. The van der Waals surface area contributed by atoms with E-state index < -0.39 is 12.0 Å². The first kappa shape index (κ1) is 15.7. The van der Waals surface area contributed by atoms with Gasteiger partial charge in [-0.05, 0) is 25.8 Å². The van der Waals surface area contributed by atoms with Crippen LogP contribution in [0.25, 0.3) is 10.6 Å². The normalized spacial score (nSPS) is 17.4. The summed E-state index contributed by atoms with van der Waals surface area (Å²) < 4.78 is 0. The number of aliphatic carboxylic acids is 1. The predicted molar refractivity (Wildman–Crippen MR) is 88.4 cm³/mol. The second-order valence-electron chi connectivity index (χ2n) is 5.77. The van der Waals surface area contributed by atoms with E-state index in [1.165, 1.54) is 16.2 Å². The number of carboxylic acids is 1. The molecule has 0 saturated carbocycles. The lowest BCUT2D eigenvalue weighted by atomic mass is 10.1. The summed E-state index contributed by atoms with van der Waals surface area (Å²) >= 11 is 1.50. The molecule has 1 aliphatic heterocycles. The van der Waals surface area contributed by atoms with Gasteiger partial charge in [0.2, 0.25) is 5.91 Å². The van der Waals surface area contributed by atoms with Crippen molar-refractivity contribution in [2.75, 3.05) is 6.54 Å². The number of carboxylic acid groups (broad SMARTS) is 1. The number of hydrogen-bond donors (Lipinski definition) is 1. The lowest BCUT2D eigenvalue weighted by Gasteiger charge is -2.20. The molecule has 1 amide bonds. The molecule has 0 unspecified atom stereocenters. The number of benzene rings is 1. The number of carbonyl (C=O) groups is 2. The van der Waals surface area contributed by atoms with E-state index in [9.17, 15) is 9.59 Å². The molecule has 120 valence electrons. The van der Waals surface area contributed by atoms with Crippen LogP contribution in [0.5, 0.6) is 0 Å². The summed E-state index contributed by atoms with van der Waals surface area (Å²) in [6.45, 7) is 2.55. The smallest absolute Gasteiger partial charge is 0.326 e. The fourth-order valence-corrected chi connectivity index (χ4v) is 3.69. The fraction of sp³-hybridized carbons (Fsp3) is 0.353. The highest BCUT2D eigenvalue weighted by molar-refractivity contribution is 7.13. The maximum Gasteiger partial charge on any atom is 0.326 e. The number of carbonyl (C=O) groups excluding carboxylic acids is 1. The number of aryl methyl sites for hydroxylation is 1. The molecule has 23 heavy (non-hydrogen) atoms. The van der Waals surface area contributed by atoms with Crippen LogP contribution in [0.2, 0.25) is 0 Å². The molecule has 0 radical (unpaired) electrons. The van der Waals surface area contributed by atoms with Gasteiger partial charge >= 0.3 is 5.97 Å². The van der Waals surface area contributed by atoms with E-state index in [0.717, 1.165) is 22.6 Å². The van der Waals surface area contributed by atoms with Gasteiger partial charge in [0.1, 0.15) is 11.0 Å². The zero-order valence-electron chi connectivity index (χ0n) is 12.9. The Bertz CT molecular complexity index is 741. The van der Waals surface area contributed by atoms with Gasteiger partial charge in [0.05, 0.1) is 12.1 Å². The van der Waals surface area contributed by atoms with Gasteiger partial charge in [-0.15, -0.1) is 11.3 Å². The van der Waals surface area contributed by atoms with Crippen molar-refractivity contribution < 1.29 is 14.7 Å². The van der Waals surface area contributed by atoms with Gasteiger partial charge in [0.25, 0.3) is 0 Å². The van der Waals surface area contributed by atoms with Gasteiger partial charge < -0.3 is 10.0 Å². The molecular weight excluding hydrogens is 312 g/mol. The number of nitrogens with zero attached hydrogens (tertiary/aromatic N) is 2. The topological polar surface area (TPSA) is 70.5 Å². The van der Waals surface area contributed by atoms with E-state index >= 15 is 0 Å². The highest BCUT2D eigenvalue weighted by Gasteiger charge is 2.33. The van der Waals surface area contributed by atoms with E-state index in [-0.39, 0.29) is 12.3 Å². The molecule has 0 spiro atoms. The molecule has 2 aromatic rings. The monoisotopic (exact) mass is 330 g/mol. The van der Waals surface area contributed by atoms with Crippen LogP contribution in [0, 0.1) is 6.92 Å². The summed E-state index contributed by atoms with van der Waals surface area (Å²) in [5.74, 6) is -1.08. The molecule has 0 aliphatic carbocycles. The van der Waals surface area contributed by atoms with Gasteiger partial charge in [0, 0.05) is 17.5 Å². The molecule has 6 heteroatoms. The van der Waals surface area contributed by atoms with Crippen molar-refractivity contribution in [2.24, 2.45) is 0 Å². The fourth-order valence-electron chi connectivity index (χ4n) is 2.88. The molecule has 1 aliphatic rings. The van der Waals surface area contributed by atoms with Crippen molar-refractivity contribution >= 4 is 23.2 Å². The third kappa shape index (κ3) is 3.42. The molecule has 1 atom stereocenters. The quantitative estimate of drug-likeness (QED) is 0.936. The number of rotatable bonds is 4. The maximum absolute atomic E-state index is 12.4. The lowest BCUT2D eigenvalue weighted by molar-refractivity contribution is -0.148. The standard InChI is InChI=1S/C17H18N2O3S/c1-11-4-2-5-12(8-11)16-18-13(10-23-16)9-15(20)19-7-3-6-14(19)17(21)22/h2,4-5,8,10,14H,3,6-7,9H2,1H3,(H,21,22)/t14-/m0/s1. The summed E-state index contributed by atoms with van der Waals surface area (Å²) in [6.07, 6.45) is 1.44. The zero-order chi connectivity index (χ0) is 16.4. The molecule has 1 N–H and O–H groups in total. The SMILES string of the molecule is Cc1cccc(-c2nc(CC(=O)N3CCC[C@H]3C(=O)O)cs2)c1. The first-order chi connectivity index (χ1) is 11.0. The van der Waals surface area contributed by atoms with Crippen molar-refractivity contribution in [3.8, 4) is 10.6 Å². The molecule has 0 bridgehead atoms. The Labute approximate surface area is 138 Å². The molecule has 1 fully saturated rings. The molecule has 2 heterocycles. The minimum absolute atomic E-state index is 0.156. The summed E-state index contributed by atoms with van der Waals surface area (Å²) in [4.78, 5) is 29.5. The predicted octanol–water partition coefficient (Wildman–Crippen LogP) is 2.74. The molecule has 5 nitrogen and oxygen atoms in total. The third-order valence-electron chi connectivity index (χ3n) is 4.01. The van der Waals surface area contributed by atoms with Crippen LogP contribution >= 0.6 is 11.3 Å². The van der Waals surface area contributed by atoms with Gasteiger partial charge in [0.15, 0.2) is 0 Å². The van der Waals surface area contributed by atoms with E-state index in [2.05, 4.69) is 11.1 Å². The highest BCUT2D eigenvalue weighted by Crippen LogP contribution is 2.25. The molecule has 1 saturated heterocycles. The van der Waals surface area contributed by atoms with E-state index in [1.54, 1.807) is 0 Å². The Morgan fingerprint density at radius 2 is 2.26 bits per heavy atom.